The molecule has 1 N–H and O–H groups in total. The molecule has 1 amide bonds. The third-order valence-corrected chi connectivity index (χ3v) is 1.93. The second-order valence-corrected chi connectivity index (χ2v) is 3.73. The maximum atomic E-state index is 11.6. The Morgan fingerprint density at radius 1 is 1.39 bits per heavy atom. The van der Waals surface area contributed by atoms with Gasteiger partial charge < -0.3 is 4.90 Å². The van der Waals surface area contributed by atoms with E-state index in [0.29, 0.717) is 0 Å². The zero-order valence-corrected chi connectivity index (χ0v) is 10.3. The Morgan fingerprint density at radius 3 is 2.61 bits per heavy atom. The molecule has 0 aromatic heterocycles. The lowest BCUT2D eigenvalue weighted by molar-refractivity contribution is -0.117. The van der Waals surface area contributed by atoms with E-state index in [4.69, 9.17) is 5.26 Å². The molecule has 0 aliphatic heterocycles. The van der Waals surface area contributed by atoms with Crippen LogP contribution in [0.15, 0.2) is 47.2 Å². The van der Waals surface area contributed by atoms with Gasteiger partial charge in [-0.1, -0.05) is 30.3 Å². The number of hydrogen-bond acceptors (Lipinski definition) is 4. The molecule has 0 spiro atoms. The van der Waals surface area contributed by atoms with Crippen molar-refractivity contribution in [2.75, 3.05) is 14.1 Å². The van der Waals surface area contributed by atoms with Crippen LogP contribution in [0.3, 0.4) is 0 Å². The third-order valence-electron chi connectivity index (χ3n) is 1.93. The van der Waals surface area contributed by atoms with Crippen LogP contribution in [0.5, 0.6) is 0 Å². The van der Waals surface area contributed by atoms with Gasteiger partial charge in [0.15, 0.2) is 0 Å². The molecule has 0 aliphatic carbocycles. The first kappa shape index (κ1) is 13.5. The first-order valence-electron chi connectivity index (χ1n) is 5.30. The molecule has 0 unspecified atom stereocenters. The Kier molecular flexibility index (Phi) is 5.13. The summed E-state index contributed by atoms with van der Waals surface area (Å²) in [5.74, 6) is -0.529. The SMILES string of the molecule is CN(C)C=C(C#N)C(=O)NN=Cc1ccccc1. The van der Waals surface area contributed by atoms with Crippen LogP contribution in [0.4, 0.5) is 0 Å². The second-order valence-electron chi connectivity index (χ2n) is 3.73. The van der Waals surface area contributed by atoms with Crippen molar-refractivity contribution in [2.24, 2.45) is 5.10 Å². The van der Waals surface area contributed by atoms with Gasteiger partial charge in [-0.05, 0) is 5.56 Å². The highest BCUT2D eigenvalue weighted by molar-refractivity contribution is 5.97. The first-order valence-corrected chi connectivity index (χ1v) is 5.30. The van der Waals surface area contributed by atoms with Crippen LogP contribution in [0, 0.1) is 11.3 Å². The number of carbonyl (C=O) groups excluding carboxylic acids is 1. The van der Waals surface area contributed by atoms with Gasteiger partial charge in [0, 0.05) is 20.3 Å². The number of carbonyl (C=O) groups is 1. The van der Waals surface area contributed by atoms with Crippen LogP contribution in [0.2, 0.25) is 0 Å². The van der Waals surface area contributed by atoms with Gasteiger partial charge in [0.1, 0.15) is 11.6 Å². The van der Waals surface area contributed by atoms with Crippen molar-refractivity contribution in [3.8, 4) is 6.07 Å². The Morgan fingerprint density at radius 2 is 2.06 bits per heavy atom. The van der Waals surface area contributed by atoms with E-state index in [2.05, 4.69) is 10.5 Å². The minimum Gasteiger partial charge on any atom is -0.382 e. The number of benzene rings is 1. The molecule has 5 nitrogen and oxygen atoms in total. The van der Waals surface area contributed by atoms with Crippen LogP contribution in [0.1, 0.15) is 5.56 Å². The van der Waals surface area contributed by atoms with Gasteiger partial charge in [-0.25, -0.2) is 5.43 Å². The van der Waals surface area contributed by atoms with Crippen LogP contribution in [-0.2, 0) is 4.79 Å². The zero-order valence-electron chi connectivity index (χ0n) is 10.3. The van der Waals surface area contributed by atoms with Crippen LogP contribution < -0.4 is 5.43 Å². The Bertz CT molecular complexity index is 497. The van der Waals surface area contributed by atoms with E-state index in [0.717, 1.165) is 5.56 Å². The molecule has 0 saturated heterocycles. The molecule has 1 aromatic carbocycles. The minimum atomic E-state index is -0.529. The van der Waals surface area contributed by atoms with Gasteiger partial charge in [-0.3, -0.25) is 4.79 Å². The van der Waals surface area contributed by atoms with E-state index < -0.39 is 5.91 Å². The summed E-state index contributed by atoms with van der Waals surface area (Å²) in [4.78, 5) is 13.2. The van der Waals surface area contributed by atoms with Crippen LogP contribution in [0.25, 0.3) is 0 Å². The maximum absolute atomic E-state index is 11.6. The van der Waals surface area contributed by atoms with Crippen molar-refractivity contribution in [2.45, 2.75) is 0 Å². The summed E-state index contributed by atoms with van der Waals surface area (Å²) in [5.41, 5.74) is 3.17. The highest BCUT2D eigenvalue weighted by atomic mass is 16.2. The lowest BCUT2D eigenvalue weighted by atomic mass is 10.2. The first-order chi connectivity index (χ1) is 8.63. The summed E-state index contributed by atoms with van der Waals surface area (Å²) in [6.45, 7) is 0. The molecule has 92 valence electrons. The van der Waals surface area contributed by atoms with Crippen molar-refractivity contribution >= 4 is 12.1 Å². The van der Waals surface area contributed by atoms with Crippen molar-refractivity contribution in [1.29, 1.82) is 5.26 Å². The number of amides is 1. The lowest BCUT2D eigenvalue weighted by Gasteiger charge is -2.05. The maximum Gasteiger partial charge on any atom is 0.283 e. The topological polar surface area (TPSA) is 68.5 Å². The van der Waals surface area contributed by atoms with Crippen molar-refractivity contribution < 1.29 is 4.79 Å². The molecule has 0 aliphatic rings. The summed E-state index contributed by atoms with van der Waals surface area (Å²) in [5, 5.41) is 12.6. The molecule has 1 aromatic rings. The molecule has 0 fully saturated rings. The summed E-state index contributed by atoms with van der Waals surface area (Å²) < 4.78 is 0. The van der Waals surface area contributed by atoms with Gasteiger partial charge in [0.25, 0.3) is 5.91 Å². The molecule has 0 atom stereocenters. The highest BCUT2D eigenvalue weighted by Gasteiger charge is 2.07. The Labute approximate surface area is 106 Å². The van der Waals surface area contributed by atoms with Crippen molar-refractivity contribution in [3.05, 3.63) is 47.7 Å². The predicted molar refractivity (Wildman–Crippen MR) is 69.6 cm³/mol. The smallest absolute Gasteiger partial charge is 0.283 e. The van der Waals surface area contributed by atoms with E-state index >= 15 is 0 Å². The van der Waals surface area contributed by atoms with Gasteiger partial charge in [0.05, 0.1) is 6.21 Å². The normalized spacial score (nSPS) is 11.1. The second kappa shape index (κ2) is 6.86. The average molecular weight is 242 g/mol. The fourth-order valence-electron chi connectivity index (χ4n) is 1.16. The number of nitriles is 1. The zero-order chi connectivity index (χ0) is 13.4. The molecule has 1 rings (SSSR count). The number of hydrogen-bond donors (Lipinski definition) is 1. The average Bonchev–Trinajstić information content (AvgIpc) is 2.36. The minimum absolute atomic E-state index is 0.00483. The quantitative estimate of drug-likeness (QED) is 0.372. The summed E-state index contributed by atoms with van der Waals surface area (Å²) in [6, 6.07) is 11.2. The van der Waals surface area contributed by atoms with E-state index in [-0.39, 0.29) is 5.57 Å². The molecule has 18 heavy (non-hydrogen) atoms. The largest absolute Gasteiger partial charge is 0.382 e. The van der Waals surface area contributed by atoms with Crippen LogP contribution in [-0.4, -0.2) is 31.1 Å². The van der Waals surface area contributed by atoms with Gasteiger partial charge in [-0.2, -0.15) is 10.4 Å². The number of nitrogens with one attached hydrogen (secondary N) is 1. The summed E-state index contributed by atoms with van der Waals surface area (Å²) in [6.07, 6.45) is 2.95. The van der Waals surface area contributed by atoms with E-state index in [1.54, 1.807) is 19.0 Å². The molecule has 0 bridgehead atoms. The van der Waals surface area contributed by atoms with E-state index in [1.165, 1.54) is 12.4 Å². The number of hydrazone groups is 1. The van der Waals surface area contributed by atoms with Crippen molar-refractivity contribution in [3.63, 3.8) is 0 Å². The molecule has 0 saturated carbocycles. The number of nitrogens with zero attached hydrogens (tertiary/aromatic N) is 3. The van der Waals surface area contributed by atoms with Gasteiger partial charge in [0.2, 0.25) is 0 Å². The monoisotopic (exact) mass is 242 g/mol. The highest BCUT2D eigenvalue weighted by Crippen LogP contribution is 1.95. The third kappa shape index (κ3) is 4.49. The number of rotatable bonds is 4. The van der Waals surface area contributed by atoms with E-state index in [1.807, 2.05) is 36.4 Å². The van der Waals surface area contributed by atoms with Crippen molar-refractivity contribution in [1.82, 2.24) is 10.3 Å². The van der Waals surface area contributed by atoms with E-state index in [9.17, 15) is 4.79 Å². The molecular formula is C13H14N4O. The molecule has 0 heterocycles. The fraction of sp³-hybridized carbons (Fsp3) is 0.154. The van der Waals surface area contributed by atoms with Gasteiger partial charge in [-0.15, -0.1) is 0 Å². The fourth-order valence-corrected chi connectivity index (χ4v) is 1.16. The standard InChI is InChI=1S/C13H14N4O/c1-17(2)10-12(8-14)13(18)16-15-9-11-6-4-3-5-7-11/h3-7,9-10H,1-2H3,(H,16,18). The van der Waals surface area contributed by atoms with Crippen LogP contribution >= 0.6 is 0 Å². The lowest BCUT2D eigenvalue weighted by Crippen LogP contribution is -2.20. The summed E-state index contributed by atoms with van der Waals surface area (Å²) >= 11 is 0. The summed E-state index contributed by atoms with van der Waals surface area (Å²) in [7, 11) is 3.47. The van der Waals surface area contributed by atoms with Gasteiger partial charge >= 0.3 is 0 Å². The predicted octanol–water partition coefficient (Wildman–Crippen LogP) is 1.11. The molecule has 5 heteroatoms. The Hall–Kier alpha value is -2.61. The Balaban J connectivity index is 2.61. The molecule has 0 radical (unpaired) electrons. The molecular weight excluding hydrogens is 228 g/mol.